The number of ether oxygens (including phenoxy) is 3. The van der Waals surface area contributed by atoms with Gasteiger partial charge in [-0.15, -0.1) is 0 Å². The van der Waals surface area contributed by atoms with Crippen LogP contribution in [0.25, 0.3) is 0 Å². The van der Waals surface area contributed by atoms with Gasteiger partial charge in [0.05, 0.1) is 0 Å². The van der Waals surface area contributed by atoms with Gasteiger partial charge in [0, 0.05) is 0 Å². The average molecular weight is 324 g/mol. The van der Waals surface area contributed by atoms with E-state index in [0.29, 0.717) is 0 Å². The minimum Gasteiger partial charge on any atom is -0.404 e. The van der Waals surface area contributed by atoms with E-state index in [2.05, 4.69) is 14.2 Å². The first-order valence-electron chi connectivity index (χ1n) is 4.35. The Balaban J connectivity index is 4.58. The topological polar surface area (TPSA) is 44.8 Å². The lowest BCUT2D eigenvalue weighted by molar-refractivity contribution is -0.334. The highest BCUT2D eigenvalue weighted by atomic mass is 19.4. The van der Waals surface area contributed by atoms with E-state index in [4.69, 9.17) is 0 Å². The molecule has 120 valence electrons. The Kier molecular flexibility index (Phi) is 6.07. The third-order valence-corrected chi connectivity index (χ3v) is 1.20. The van der Waals surface area contributed by atoms with Crippen LogP contribution in [-0.4, -0.2) is 44.2 Å². The molecular formula is C7H5F9O4. The first kappa shape index (κ1) is 18.8. The van der Waals surface area contributed by atoms with Gasteiger partial charge in [-0.1, -0.05) is 0 Å². The lowest BCUT2D eigenvalue weighted by Gasteiger charge is -2.20. The molecule has 20 heavy (non-hydrogen) atoms. The normalized spacial score (nSPS) is 13.7. The van der Waals surface area contributed by atoms with Gasteiger partial charge >= 0.3 is 31.0 Å². The smallest absolute Gasteiger partial charge is 0.404 e. The van der Waals surface area contributed by atoms with Crippen LogP contribution >= 0.6 is 0 Å². The largest absolute Gasteiger partial charge is 0.491 e. The molecule has 0 fully saturated rings. The molecule has 0 N–H and O–H groups in total. The zero-order chi connectivity index (χ0) is 16.2. The highest BCUT2D eigenvalue weighted by Gasteiger charge is 2.44. The predicted octanol–water partition coefficient (Wildman–Crippen LogP) is 2.53. The number of halogens is 9. The van der Waals surface area contributed by atoms with E-state index in [1.807, 2.05) is 0 Å². The summed E-state index contributed by atoms with van der Waals surface area (Å²) in [6.07, 6.45) is -15.8. The molecule has 0 spiro atoms. The third kappa shape index (κ3) is 9.66. The zero-order valence-corrected chi connectivity index (χ0v) is 9.03. The van der Waals surface area contributed by atoms with Crippen LogP contribution in [0.2, 0.25) is 0 Å². The molecule has 0 radical (unpaired) electrons. The molecule has 0 aliphatic carbocycles. The molecule has 0 atom stereocenters. The minimum atomic E-state index is -5.64. The maximum atomic E-state index is 11.7. The van der Waals surface area contributed by atoms with Crippen molar-refractivity contribution in [2.75, 3.05) is 13.2 Å². The Labute approximate surface area is 104 Å². The molecule has 0 aromatic carbocycles. The maximum absolute atomic E-state index is 11.7. The standard InChI is InChI=1S/C7H5F9O4/c8-5(9,10)1-18-4(19-2-6(11,12)13)20-3(17)7(14,15)16/h4H,1-2H2. The van der Waals surface area contributed by atoms with Gasteiger partial charge in [0.25, 0.3) is 0 Å². The first-order valence-corrected chi connectivity index (χ1v) is 4.35. The Morgan fingerprint density at radius 3 is 1.40 bits per heavy atom. The fraction of sp³-hybridized carbons (Fsp3) is 0.857. The summed E-state index contributed by atoms with van der Waals surface area (Å²) in [6.45, 7) is -7.66. The average Bonchev–Trinajstić information content (AvgIpc) is 2.17. The number of hydrogen-bond acceptors (Lipinski definition) is 4. The molecule has 4 nitrogen and oxygen atoms in total. The summed E-state index contributed by atoms with van der Waals surface area (Å²) in [7, 11) is 0. The number of carbonyl (C=O) groups is 1. The molecule has 0 amide bonds. The van der Waals surface area contributed by atoms with Crippen LogP contribution < -0.4 is 0 Å². The van der Waals surface area contributed by atoms with E-state index in [1.54, 1.807) is 0 Å². The van der Waals surface area contributed by atoms with Crippen LogP contribution in [-0.2, 0) is 19.0 Å². The molecule has 0 saturated heterocycles. The Morgan fingerprint density at radius 1 is 0.800 bits per heavy atom. The van der Waals surface area contributed by atoms with E-state index in [1.165, 1.54) is 0 Å². The van der Waals surface area contributed by atoms with Crippen molar-refractivity contribution in [3.8, 4) is 0 Å². The van der Waals surface area contributed by atoms with Crippen molar-refractivity contribution in [2.45, 2.75) is 25.0 Å². The van der Waals surface area contributed by atoms with Crippen molar-refractivity contribution in [3.63, 3.8) is 0 Å². The fourth-order valence-electron chi connectivity index (χ4n) is 0.595. The zero-order valence-electron chi connectivity index (χ0n) is 9.03. The highest BCUT2D eigenvalue weighted by Crippen LogP contribution is 2.22. The molecule has 0 saturated carbocycles. The Bertz CT molecular complexity index is 300. The lowest BCUT2D eigenvalue weighted by Crippen LogP contribution is -2.36. The van der Waals surface area contributed by atoms with Crippen molar-refractivity contribution < 1.29 is 58.5 Å². The van der Waals surface area contributed by atoms with Crippen molar-refractivity contribution in [2.24, 2.45) is 0 Å². The van der Waals surface area contributed by atoms with Crippen molar-refractivity contribution >= 4 is 5.97 Å². The molecular weight excluding hydrogens is 319 g/mol. The summed E-state index contributed by atoms with van der Waals surface area (Å²) in [5.74, 6) is -3.06. The van der Waals surface area contributed by atoms with Crippen LogP contribution in [0, 0.1) is 0 Å². The van der Waals surface area contributed by atoms with Crippen LogP contribution in [0.5, 0.6) is 0 Å². The third-order valence-electron chi connectivity index (χ3n) is 1.20. The lowest BCUT2D eigenvalue weighted by atomic mass is 10.6. The summed E-state index contributed by atoms with van der Waals surface area (Å²) >= 11 is 0. The van der Waals surface area contributed by atoms with Gasteiger partial charge in [0.15, 0.2) is 0 Å². The minimum absolute atomic E-state index is 2.28. The van der Waals surface area contributed by atoms with E-state index >= 15 is 0 Å². The second-order valence-electron chi connectivity index (χ2n) is 3.04. The van der Waals surface area contributed by atoms with Gasteiger partial charge in [-0.2, -0.15) is 39.5 Å². The number of carbonyl (C=O) groups excluding carboxylic acids is 1. The molecule has 0 bridgehead atoms. The number of hydrogen-bond donors (Lipinski definition) is 0. The first-order chi connectivity index (χ1) is 8.71. The second kappa shape index (κ2) is 6.47. The van der Waals surface area contributed by atoms with Gasteiger partial charge in [-0.25, -0.2) is 4.79 Å². The van der Waals surface area contributed by atoms with E-state index < -0.39 is 44.2 Å². The molecule has 0 aromatic rings. The monoisotopic (exact) mass is 324 g/mol. The van der Waals surface area contributed by atoms with Crippen molar-refractivity contribution in [3.05, 3.63) is 0 Å². The van der Waals surface area contributed by atoms with Gasteiger partial charge in [-0.3, -0.25) is 0 Å². The van der Waals surface area contributed by atoms with E-state index in [0.717, 1.165) is 0 Å². The van der Waals surface area contributed by atoms with Crippen molar-refractivity contribution in [1.29, 1.82) is 0 Å². The van der Waals surface area contributed by atoms with Gasteiger partial charge in [0.2, 0.25) is 0 Å². The van der Waals surface area contributed by atoms with E-state index in [9.17, 15) is 44.3 Å². The quantitative estimate of drug-likeness (QED) is 0.443. The van der Waals surface area contributed by atoms with Crippen LogP contribution in [0.4, 0.5) is 39.5 Å². The number of esters is 1. The molecule has 0 rings (SSSR count). The number of alkyl halides is 9. The summed E-state index contributed by atoms with van der Waals surface area (Å²) in [4.78, 5) is 10.3. The fourth-order valence-corrected chi connectivity index (χ4v) is 0.595. The Hall–Kier alpha value is -1.24. The summed E-state index contributed by atoms with van der Waals surface area (Å²) < 4.78 is 116. The van der Waals surface area contributed by atoms with Crippen LogP contribution in [0.1, 0.15) is 0 Å². The van der Waals surface area contributed by atoms with Crippen molar-refractivity contribution in [1.82, 2.24) is 0 Å². The summed E-state index contributed by atoms with van der Waals surface area (Å²) in [5, 5.41) is 0. The maximum Gasteiger partial charge on any atom is 0.491 e. The van der Waals surface area contributed by atoms with Gasteiger partial charge in [-0.05, 0) is 0 Å². The molecule has 0 aromatic heterocycles. The molecule has 0 heterocycles. The molecule has 0 unspecified atom stereocenters. The SMILES string of the molecule is O=C(OC(OCC(F)(F)F)OCC(F)(F)F)C(F)(F)F. The van der Waals surface area contributed by atoms with Crippen LogP contribution in [0.3, 0.4) is 0 Å². The second-order valence-corrected chi connectivity index (χ2v) is 3.04. The van der Waals surface area contributed by atoms with E-state index in [-0.39, 0.29) is 0 Å². The summed E-state index contributed by atoms with van der Waals surface area (Å²) in [5.41, 5.74) is 0. The Morgan fingerprint density at radius 2 is 1.15 bits per heavy atom. The predicted molar refractivity (Wildman–Crippen MR) is 39.9 cm³/mol. The molecule has 13 heteroatoms. The molecule has 0 aliphatic heterocycles. The van der Waals surface area contributed by atoms with Gasteiger partial charge < -0.3 is 14.2 Å². The molecule has 0 aliphatic rings. The van der Waals surface area contributed by atoms with Gasteiger partial charge in [0.1, 0.15) is 13.2 Å². The highest BCUT2D eigenvalue weighted by molar-refractivity contribution is 5.75. The number of rotatable bonds is 5. The van der Waals surface area contributed by atoms with Crippen LogP contribution in [0.15, 0.2) is 0 Å². The summed E-state index contributed by atoms with van der Waals surface area (Å²) in [6, 6.07) is 0.